The zero-order chi connectivity index (χ0) is 26.7. The van der Waals surface area contributed by atoms with Crippen LogP contribution >= 0.6 is 11.6 Å². The molecule has 8 heteroatoms. The Morgan fingerprint density at radius 3 is 2.45 bits per heavy atom. The van der Waals surface area contributed by atoms with Gasteiger partial charge in [-0.1, -0.05) is 41.9 Å². The van der Waals surface area contributed by atoms with Gasteiger partial charge in [0.2, 0.25) is 5.91 Å². The summed E-state index contributed by atoms with van der Waals surface area (Å²) in [6, 6.07) is 15.9. The minimum atomic E-state index is -0.0743. The molecule has 0 saturated carbocycles. The Labute approximate surface area is 231 Å². The van der Waals surface area contributed by atoms with Gasteiger partial charge in [0.05, 0.1) is 12.5 Å². The third kappa shape index (κ3) is 8.27. The Morgan fingerprint density at radius 1 is 0.947 bits per heavy atom. The van der Waals surface area contributed by atoms with Crippen LogP contribution in [-0.2, 0) is 32.2 Å². The SMILES string of the molecule is COCC(=O)N1CCCN(Cc2ccc(Cl)cc2)CCCN(C(=O)CC2CCCCO2)Cc2ccccc21. The minimum absolute atomic E-state index is 0.00550. The van der Waals surface area contributed by atoms with Crippen molar-refractivity contribution in [3.05, 3.63) is 64.7 Å². The highest BCUT2D eigenvalue weighted by Crippen LogP contribution is 2.25. The Balaban J connectivity index is 1.57. The van der Waals surface area contributed by atoms with E-state index in [1.807, 2.05) is 46.2 Å². The number of carbonyl (C=O) groups excluding carboxylic acids is 2. The molecule has 2 aliphatic rings. The number of benzene rings is 2. The van der Waals surface area contributed by atoms with E-state index in [-0.39, 0.29) is 24.5 Å². The van der Waals surface area contributed by atoms with Crippen LogP contribution in [0.25, 0.3) is 0 Å². The maximum absolute atomic E-state index is 13.5. The van der Waals surface area contributed by atoms with E-state index in [9.17, 15) is 9.59 Å². The standard InChI is InChI=1S/C30H40ClN3O4/c1-37-23-30(36)34-18-7-16-32(21-24-11-13-26(31)14-12-24)15-6-17-33(22-25-8-2-3-10-28(25)34)29(35)20-27-9-4-5-19-38-27/h2-3,8,10-14,27H,4-7,9,15-23H2,1H3. The summed E-state index contributed by atoms with van der Waals surface area (Å²) in [7, 11) is 1.54. The third-order valence-corrected chi connectivity index (χ3v) is 7.57. The highest BCUT2D eigenvalue weighted by atomic mass is 35.5. The lowest BCUT2D eigenvalue weighted by Crippen LogP contribution is -2.40. The van der Waals surface area contributed by atoms with E-state index in [4.69, 9.17) is 21.1 Å². The average molecular weight is 542 g/mol. The number of carbonyl (C=O) groups is 2. The van der Waals surface area contributed by atoms with E-state index in [2.05, 4.69) is 17.0 Å². The van der Waals surface area contributed by atoms with Crippen molar-refractivity contribution in [2.75, 3.05) is 51.4 Å². The van der Waals surface area contributed by atoms with Gasteiger partial charge in [-0.15, -0.1) is 0 Å². The summed E-state index contributed by atoms with van der Waals surface area (Å²) in [4.78, 5) is 32.9. The molecule has 0 radical (unpaired) electrons. The van der Waals surface area contributed by atoms with Crippen molar-refractivity contribution in [2.45, 2.75) is 57.7 Å². The van der Waals surface area contributed by atoms with Gasteiger partial charge in [0, 0.05) is 63.7 Å². The van der Waals surface area contributed by atoms with Gasteiger partial charge in [0.15, 0.2) is 0 Å². The highest BCUT2D eigenvalue weighted by Gasteiger charge is 2.25. The maximum atomic E-state index is 13.5. The second-order valence-corrected chi connectivity index (χ2v) is 10.7. The van der Waals surface area contributed by atoms with Crippen LogP contribution in [0.3, 0.4) is 0 Å². The first kappa shape index (κ1) is 28.6. The predicted molar refractivity (Wildman–Crippen MR) is 150 cm³/mol. The highest BCUT2D eigenvalue weighted by molar-refractivity contribution is 6.30. The van der Waals surface area contributed by atoms with Crippen LogP contribution in [-0.4, -0.2) is 74.2 Å². The van der Waals surface area contributed by atoms with E-state index < -0.39 is 0 Å². The molecular weight excluding hydrogens is 502 g/mol. The van der Waals surface area contributed by atoms with Crippen molar-refractivity contribution in [1.82, 2.24) is 9.80 Å². The summed E-state index contributed by atoms with van der Waals surface area (Å²) in [5, 5.41) is 0.726. The molecule has 2 heterocycles. The van der Waals surface area contributed by atoms with Crippen LogP contribution in [0.1, 0.15) is 49.7 Å². The fourth-order valence-corrected chi connectivity index (χ4v) is 5.46. The van der Waals surface area contributed by atoms with Gasteiger partial charge in [-0.05, 0) is 61.4 Å². The molecule has 1 unspecified atom stereocenters. The molecular formula is C30H40ClN3O4. The Bertz CT molecular complexity index is 1040. The number of hydrogen-bond donors (Lipinski definition) is 0. The van der Waals surface area contributed by atoms with Crippen LogP contribution in [0, 0.1) is 0 Å². The van der Waals surface area contributed by atoms with Gasteiger partial charge >= 0.3 is 0 Å². The number of para-hydroxylation sites is 1. The number of rotatable bonds is 6. The van der Waals surface area contributed by atoms with Gasteiger partial charge in [0.25, 0.3) is 5.91 Å². The number of nitrogens with zero attached hydrogens (tertiary/aromatic N) is 3. The van der Waals surface area contributed by atoms with Crippen LogP contribution in [0.5, 0.6) is 0 Å². The van der Waals surface area contributed by atoms with E-state index in [1.165, 1.54) is 5.56 Å². The van der Waals surface area contributed by atoms with Crippen LogP contribution in [0.15, 0.2) is 48.5 Å². The molecule has 1 atom stereocenters. The molecule has 4 rings (SSSR count). The largest absolute Gasteiger partial charge is 0.378 e. The Kier molecular flexibility index (Phi) is 11.0. The normalized spacial score (nSPS) is 19.8. The van der Waals surface area contributed by atoms with Crippen LogP contribution in [0.4, 0.5) is 5.69 Å². The lowest BCUT2D eigenvalue weighted by molar-refractivity contribution is -0.135. The quantitative estimate of drug-likeness (QED) is 0.520. The zero-order valence-corrected chi connectivity index (χ0v) is 23.2. The first-order valence-corrected chi connectivity index (χ1v) is 14.1. The van der Waals surface area contributed by atoms with Crippen molar-refractivity contribution < 1.29 is 19.1 Å². The lowest BCUT2D eigenvalue weighted by atomic mass is 10.0. The van der Waals surface area contributed by atoms with Crippen molar-refractivity contribution in [1.29, 1.82) is 0 Å². The van der Waals surface area contributed by atoms with Gasteiger partial charge in [0.1, 0.15) is 6.61 Å². The number of anilines is 1. The molecule has 206 valence electrons. The first-order valence-electron chi connectivity index (χ1n) is 13.8. The van der Waals surface area contributed by atoms with Crippen molar-refractivity contribution in [3.8, 4) is 0 Å². The lowest BCUT2D eigenvalue weighted by Gasteiger charge is -2.32. The first-order chi connectivity index (χ1) is 18.5. The molecule has 1 saturated heterocycles. The maximum Gasteiger partial charge on any atom is 0.252 e. The molecule has 0 N–H and O–H groups in total. The minimum Gasteiger partial charge on any atom is -0.378 e. The summed E-state index contributed by atoms with van der Waals surface area (Å²) >= 11 is 6.10. The van der Waals surface area contributed by atoms with Crippen LogP contribution < -0.4 is 4.90 Å². The van der Waals surface area contributed by atoms with E-state index in [0.717, 1.165) is 74.6 Å². The van der Waals surface area contributed by atoms with Crippen molar-refractivity contribution in [3.63, 3.8) is 0 Å². The summed E-state index contributed by atoms with van der Waals surface area (Å²) in [6.45, 7) is 4.95. The number of hydrogen-bond acceptors (Lipinski definition) is 5. The summed E-state index contributed by atoms with van der Waals surface area (Å²) in [6.07, 6.45) is 5.22. The molecule has 0 aromatic heterocycles. The second kappa shape index (κ2) is 14.6. The van der Waals surface area contributed by atoms with Crippen molar-refractivity contribution >= 4 is 29.1 Å². The molecule has 1 fully saturated rings. The van der Waals surface area contributed by atoms with Crippen LogP contribution in [0.2, 0.25) is 5.02 Å². The summed E-state index contributed by atoms with van der Waals surface area (Å²) in [5.74, 6) is 0.0394. The smallest absolute Gasteiger partial charge is 0.252 e. The number of methoxy groups -OCH3 is 1. The molecule has 0 spiro atoms. The molecule has 2 aliphatic heterocycles. The van der Waals surface area contributed by atoms with Crippen molar-refractivity contribution in [2.24, 2.45) is 0 Å². The molecule has 2 aromatic carbocycles. The molecule has 2 aromatic rings. The fraction of sp³-hybridized carbons (Fsp3) is 0.533. The number of amides is 2. The number of ether oxygens (including phenoxy) is 2. The molecule has 7 nitrogen and oxygen atoms in total. The zero-order valence-electron chi connectivity index (χ0n) is 22.4. The van der Waals surface area contributed by atoms with E-state index in [1.54, 1.807) is 7.11 Å². The van der Waals surface area contributed by atoms with E-state index in [0.29, 0.717) is 26.1 Å². The second-order valence-electron chi connectivity index (χ2n) is 10.2. The van der Waals surface area contributed by atoms with Gasteiger partial charge < -0.3 is 19.3 Å². The molecule has 38 heavy (non-hydrogen) atoms. The topological polar surface area (TPSA) is 62.3 Å². The summed E-state index contributed by atoms with van der Waals surface area (Å²) in [5.41, 5.74) is 3.03. The van der Waals surface area contributed by atoms with Gasteiger partial charge in [-0.2, -0.15) is 0 Å². The Morgan fingerprint density at radius 2 is 1.71 bits per heavy atom. The molecule has 0 aliphatic carbocycles. The monoisotopic (exact) mass is 541 g/mol. The predicted octanol–water partition coefficient (Wildman–Crippen LogP) is 4.90. The third-order valence-electron chi connectivity index (χ3n) is 7.32. The number of fused-ring (bicyclic) bond motifs is 1. The average Bonchev–Trinajstić information content (AvgIpc) is 2.92. The van der Waals surface area contributed by atoms with Gasteiger partial charge in [-0.3, -0.25) is 14.5 Å². The van der Waals surface area contributed by atoms with Gasteiger partial charge in [-0.25, -0.2) is 0 Å². The molecule has 2 amide bonds. The van der Waals surface area contributed by atoms with E-state index >= 15 is 0 Å². The summed E-state index contributed by atoms with van der Waals surface area (Å²) < 4.78 is 11.1. The Hall–Kier alpha value is -2.45. The fourth-order valence-electron chi connectivity index (χ4n) is 5.33. The number of halogens is 1. The molecule has 0 bridgehead atoms.